The van der Waals surface area contributed by atoms with Gasteiger partial charge in [0, 0.05) is 26.1 Å². The summed E-state index contributed by atoms with van der Waals surface area (Å²) in [4.78, 5) is 44.4. The van der Waals surface area contributed by atoms with Crippen LogP contribution in [-0.4, -0.2) is 82.7 Å². The van der Waals surface area contributed by atoms with E-state index in [1.807, 2.05) is 48.5 Å². The predicted octanol–water partition coefficient (Wildman–Crippen LogP) is 3.30. The molecule has 0 bridgehead atoms. The molecule has 3 aliphatic heterocycles. The molecule has 46 heavy (non-hydrogen) atoms. The van der Waals surface area contributed by atoms with E-state index in [1.54, 1.807) is 12.0 Å². The molecule has 12 heteroatoms. The van der Waals surface area contributed by atoms with Gasteiger partial charge in [-0.15, -0.1) is 0 Å². The minimum Gasteiger partial charge on any atom is -0.497 e. The van der Waals surface area contributed by atoms with Gasteiger partial charge in [-0.3, -0.25) is 14.5 Å². The maximum atomic E-state index is 14.3. The molecule has 0 aromatic heterocycles. The fourth-order valence-corrected chi connectivity index (χ4v) is 6.72. The van der Waals surface area contributed by atoms with Gasteiger partial charge in [-0.2, -0.15) is 0 Å². The minimum absolute atomic E-state index is 0.0799. The van der Waals surface area contributed by atoms with E-state index in [0.29, 0.717) is 32.5 Å². The highest BCUT2D eigenvalue weighted by Crippen LogP contribution is 2.27. The van der Waals surface area contributed by atoms with Crippen LogP contribution < -0.4 is 15.4 Å². The average Bonchev–Trinajstić information content (AvgIpc) is 3.69. The first-order valence-corrected chi connectivity index (χ1v) is 16.7. The lowest BCUT2D eigenvalue weighted by Gasteiger charge is -2.30. The van der Waals surface area contributed by atoms with Crippen LogP contribution in [0.3, 0.4) is 0 Å². The van der Waals surface area contributed by atoms with E-state index in [2.05, 4.69) is 10.6 Å². The molecule has 248 valence electrons. The molecule has 0 spiro atoms. The number of hydrogen-bond donors (Lipinski definition) is 4. The van der Waals surface area contributed by atoms with Gasteiger partial charge in [0.2, 0.25) is 11.8 Å². The maximum absolute atomic E-state index is 14.3. The summed E-state index contributed by atoms with van der Waals surface area (Å²) in [5.74, 6) is -0.806. The van der Waals surface area contributed by atoms with Gasteiger partial charge in [-0.1, -0.05) is 81.3 Å². The van der Waals surface area contributed by atoms with E-state index in [0.717, 1.165) is 67.4 Å². The summed E-state index contributed by atoms with van der Waals surface area (Å²) < 4.78 is 11.2. The van der Waals surface area contributed by atoms with Crippen LogP contribution in [0, 0.1) is 0 Å². The minimum atomic E-state index is -1.72. The van der Waals surface area contributed by atoms with Crippen LogP contribution in [0.4, 0.5) is 4.79 Å². The number of nitrogens with zero attached hydrogens (tertiary/aromatic N) is 2. The Kier molecular flexibility index (Phi) is 12.0. The smallest absolute Gasteiger partial charge is 0.475 e. The second-order valence-corrected chi connectivity index (χ2v) is 12.7. The molecule has 2 saturated heterocycles. The van der Waals surface area contributed by atoms with Crippen molar-refractivity contribution >= 4 is 25.0 Å². The van der Waals surface area contributed by atoms with E-state index in [4.69, 9.17) is 9.47 Å². The molecule has 1 unspecified atom stereocenters. The first-order valence-electron chi connectivity index (χ1n) is 16.7. The van der Waals surface area contributed by atoms with Crippen molar-refractivity contribution < 1.29 is 33.9 Å². The number of carbonyl (C=O) groups excluding carboxylic acids is 3. The van der Waals surface area contributed by atoms with Crippen LogP contribution in [0.5, 0.6) is 5.75 Å². The third-order valence-corrected chi connectivity index (χ3v) is 9.42. The number of nitrogens with one attached hydrogen (secondary N) is 2. The second kappa shape index (κ2) is 16.3. The van der Waals surface area contributed by atoms with E-state index >= 15 is 0 Å². The molecule has 2 aromatic carbocycles. The normalized spacial score (nSPS) is 24.6. The van der Waals surface area contributed by atoms with Crippen molar-refractivity contribution in [2.75, 3.05) is 13.7 Å². The van der Waals surface area contributed by atoms with Crippen molar-refractivity contribution in [3.8, 4) is 5.75 Å². The average molecular weight is 635 g/mol. The third kappa shape index (κ3) is 8.80. The first-order chi connectivity index (χ1) is 22.3. The summed E-state index contributed by atoms with van der Waals surface area (Å²) in [7, 11) is -0.108. The van der Waals surface area contributed by atoms with E-state index in [9.17, 15) is 24.4 Å². The second-order valence-electron chi connectivity index (χ2n) is 12.7. The molecular weight excluding hydrogens is 587 g/mol. The van der Waals surface area contributed by atoms with Gasteiger partial charge in [-0.05, 0) is 41.7 Å². The molecule has 4 atom stereocenters. The van der Waals surface area contributed by atoms with Crippen LogP contribution >= 0.6 is 0 Å². The van der Waals surface area contributed by atoms with Crippen LogP contribution in [0.2, 0.25) is 0 Å². The van der Waals surface area contributed by atoms with E-state index in [1.165, 1.54) is 4.90 Å². The molecule has 2 fully saturated rings. The Morgan fingerprint density at radius 2 is 1.57 bits per heavy atom. The largest absolute Gasteiger partial charge is 0.497 e. The number of amides is 3. The quantitative estimate of drug-likeness (QED) is 0.355. The lowest BCUT2D eigenvalue weighted by atomic mass is 9.76. The van der Waals surface area contributed by atoms with Gasteiger partial charge in [0.25, 0.3) is 0 Å². The molecule has 0 radical (unpaired) electrons. The van der Waals surface area contributed by atoms with Crippen molar-refractivity contribution in [3.63, 3.8) is 0 Å². The maximum Gasteiger partial charge on any atom is 0.475 e. The zero-order valence-corrected chi connectivity index (χ0v) is 26.7. The fraction of sp³-hybridized carbons (Fsp3) is 0.559. The number of hydrogen-bond acceptors (Lipinski definition) is 8. The highest BCUT2D eigenvalue weighted by Gasteiger charge is 2.44. The number of carbonyl (C=O) groups is 3. The van der Waals surface area contributed by atoms with Gasteiger partial charge in [0.15, 0.2) is 0 Å². The molecule has 2 aromatic rings. The number of rotatable bonds is 6. The topological polar surface area (TPSA) is 141 Å². The Hall–Kier alpha value is -3.61. The summed E-state index contributed by atoms with van der Waals surface area (Å²) in [6, 6.07) is 14.1. The Labute approximate surface area is 271 Å². The highest BCUT2D eigenvalue weighted by molar-refractivity contribution is 6.43. The van der Waals surface area contributed by atoms with Crippen molar-refractivity contribution in [2.45, 2.75) is 108 Å². The van der Waals surface area contributed by atoms with Crippen molar-refractivity contribution in [3.05, 3.63) is 65.2 Å². The number of fused-ring (bicyclic) bond motifs is 2. The standard InChI is InChI=1S/C34H47BN4O7/c1-45-27-17-15-24(16-18-27)20-36-29-13-7-5-3-2-4-6-8-14-31(35(43)44)37-32(40)30-19-28(23-39(30)33(29)41)46-34(42)38-21-25-11-9-10-12-26(25)22-38/h9-12,15-18,28-31,36,43-44H,2-8,13-14,19-23H2,1H3,(H,37,40)/t28-,29?,30+,31-/m1/s1. The monoisotopic (exact) mass is 634 g/mol. The fourth-order valence-electron chi connectivity index (χ4n) is 6.72. The van der Waals surface area contributed by atoms with Crippen LogP contribution in [0.25, 0.3) is 0 Å². The number of methoxy groups -OCH3 is 1. The molecule has 4 N–H and O–H groups in total. The first kappa shape index (κ1) is 33.7. The molecule has 3 aliphatic rings. The Morgan fingerprint density at radius 1 is 0.935 bits per heavy atom. The molecule has 3 amide bonds. The Bertz CT molecular complexity index is 1300. The zero-order valence-electron chi connectivity index (χ0n) is 26.7. The van der Waals surface area contributed by atoms with Crippen molar-refractivity contribution in [1.29, 1.82) is 0 Å². The van der Waals surface area contributed by atoms with Gasteiger partial charge >= 0.3 is 13.2 Å². The van der Waals surface area contributed by atoms with Gasteiger partial charge < -0.3 is 35.1 Å². The zero-order chi connectivity index (χ0) is 32.5. The van der Waals surface area contributed by atoms with Gasteiger partial charge in [0.1, 0.15) is 17.9 Å². The summed E-state index contributed by atoms with van der Waals surface area (Å²) in [5.41, 5.74) is 3.14. The third-order valence-electron chi connectivity index (χ3n) is 9.42. The molecular formula is C34H47BN4O7. The Balaban J connectivity index is 1.33. The van der Waals surface area contributed by atoms with Crippen LogP contribution in [0.15, 0.2) is 48.5 Å². The molecule has 0 aliphatic carbocycles. The van der Waals surface area contributed by atoms with E-state index in [-0.39, 0.29) is 18.9 Å². The highest BCUT2D eigenvalue weighted by atomic mass is 16.6. The molecule has 5 rings (SSSR count). The molecule has 3 heterocycles. The summed E-state index contributed by atoms with van der Waals surface area (Å²) in [6.45, 7) is 1.43. The van der Waals surface area contributed by atoms with E-state index < -0.39 is 43.2 Å². The lowest BCUT2D eigenvalue weighted by molar-refractivity contribution is -0.140. The van der Waals surface area contributed by atoms with Crippen LogP contribution in [-0.2, 0) is 34.0 Å². The number of ether oxygens (including phenoxy) is 2. The molecule has 0 saturated carbocycles. The summed E-state index contributed by atoms with van der Waals surface area (Å²) in [5, 5.41) is 26.4. The summed E-state index contributed by atoms with van der Waals surface area (Å²) in [6.07, 6.45) is 6.71. The van der Waals surface area contributed by atoms with Crippen molar-refractivity contribution in [2.24, 2.45) is 0 Å². The SMILES string of the molecule is COc1ccc(CNC2CCCCCCCCC[C@H](B(O)O)NC(=O)[C@@H]3C[C@@H](OC(=O)N4Cc5ccccc5C4)CN3C2=O)cc1. The van der Waals surface area contributed by atoms with Gasteiger partial charge in [0.05, 0.1) is 25.6 Å². The predicted molar refractivity (Wildman–Crippen MR) is 173 cm³/mol. The number of benzene rings is 2. The molecule has 11 nitrogen and oxygen atoms in total. The van der Waals surface area contributed by atoms with Gasteiger partial charge in [-0.25, -0.2) is 4.79 Å². The van der Waals surface area contributed by atoms with Crippen LogP contribution in [0.1, 0.15) is 80.9 Å². The Morgan fingerprint density at radius 3 is 2.20 bits per heavy atom. The van der Waals surface area contributed by atoms with Crippen molar-refractivity contribution in [1.82, 2.24) is 20.4 Å². The summed E-state index contributed by atoms with van der Waals surface area (Å²) >= 11 is 0. The lowest BCUT2D eigenvalue weighted by Crippen LogP contribution is -2.56.